The number of terminal acetylenes is 1. The molecule has 1 aliphatic carbocycles. The van der Waals surface area contributed by atoms with Crippen molar-refractivity contribution in [2.45, 2.75) is 38.1 Å². The molecule has 1 rings (SSSR count). The minimum Gasteiger partial charge on any atom is -0.151 e. The van der Waals surface area contributed by atoms with Crippen LogP contribution in [0.1, 0.15) is 32.1 Å². The van der Waals surface area contributed by atoms with Crippen LogP contribution < -0.4 is 0 Å². The van der Waals surface area contributed by atoms with Gasteiger partial charge in [0.05, 0.1) is 6.04 Å². The summed E-state index contributed by atoms with van der Waals surface area (Å²) in [4.78, 5) is 10.3. The van der Waals surface area contributed by atoms with Crippen molar-refractivity contribution in [2.75, 3.05) is 0 Å². The fourth-order valence-electron chi connectivity index (χ4n) is 1.72. The Labute approximate surface area is 67.3 Å². The summed E-state index contributed by atoms with van der Waals surface area (Å²) < 4.78 is 0. The molecule has 2 nitrogen and oxygen atoms in total. The van der Waals surface area contributed by atoms with Crippen LogP contribution in [0.5, 0.6) is 0 Å². The first-order chi connectivity index (χ1) is 5.38. The van der Waals surface area contributed by atoms with E-state index in [4.69, 9.17) is 6.42 Å². The zero-order valence-electron chi connectivity index (χ0n) is 6.62. The average Bonchev–Trinajstić information content (AvgIpc) is 2.06. The lowest BCUT2D eigenvalue weighted by molar-refractivity contribution is 0.313. The molecule has 1 fully saturated rings. The van der Waals surface area contributed by atoms with Crippen LogP contribution in [0.25, 0.3) is 0 Å². The van der Waals surface area contributed by atoms with Gasteiger partial charge in [0.1, 0.15) is 0 Å². The van der Waals surface area contributed by atoms with E-state index in [1.54, 1.807) is 0 Å². The summed E-state index contributed by atoms with van der Waals surface area (Å²) in [5.41, 5.74) is 0. The second-order valence-corrected chi connectivity index (χ2v) is 3.13. The fourth-order valence-corrected chi connectivity index (χ4v) is 1.72. The van der Waals surface area contributed by atoms with Gasteiger partial charge in [0.15, 0.2) is 0 Å². The van der Waals surface area contributed by atoms with Crippen molar-refractivity contribution in [1.29, 1.82) is 0 Å². The Balaban J connectivity index is 2.45. The van der Waals surface area contributed by atoms with Gasteiger partial charge in [0, 0.05) is 6.42 Å². The normalized spacial score (nSPS) is 30.8. The van der Waals surface area contributed by atoms with Crippen molar-refractivity contribution in [3.63, 3.8) is 0 Å². The average molecular weight is 151 g/mol. The molecule has 0 saturated heterocycles. The first-order valence-corrected chi connectivity index (χ1v) is 4.14. The standard InChI is InChI=1S/C9H13NO/c1-2-5-8-6-3-4-7-9(8)10-11/h1,8-9H,3-7H2. The highest BCUT2D eigenvalue weighted by atomic mass is 16.3. The highest BCUT2D eigenvalue weighted by molar-refractivity contribution is 4.92. The summed E-state index contributed by atoms with van der Waals surface area (Å²) in [5, 5.41) is 3.10. The molecule has 1 aliphatic rings. The lowest BCUT2D eigenvalue weighted by atomic mass is 9.83. The molecule has 2 unspecified atom stereocenters. The van der Waals surface area contributed by atoms with Crippen molar-refractivity contribution in [3.8, 4) is 12.3 Å². The summed E-state index contributed by atoms with van der Waals surface area (Å²) in [7, 11) is 0. The molecule has 2 heteroatoms. The molecule has 0 amide bonds. The van der Waals surface area contributed by atoms with Crippen molar-refractivity contribution < 1.29 is 0 Å². The molecular formula is C9H13NO. The highest BCUT2D eigenvalue weighted by Crippen LogP contribution is 2.28. The van der Waals surface area contributed by atoms with Gasteiger partial charge >= 0.3 is 0 Å². The second kappa shape index (κ2) is 4.12. The Morgan fingerprint density at radius 2 is 2.18 bits per heavy atom. The molecule has 0 aliphatic heterocycles. The summed E-state index contributed by atoms with van der Waals surface area (Å²) >= 11 is 0. The van der Waals surface area contributed by atoms with Crippen LogP contribution in [0.15, 0.2) is 5.18 Å². The predicted molar refractivity (Wildman–Crippen MR) is 45.0 cm³/mol. The molecular weight excluding hydrogens is 138 g/mol. The van der Waals surface area contributed by atoms with Crippen LogP contribution >= 0.6 is 0 Å². The third kappa shape index (κ3) is 2.04. The molecule has 60 valence electrons. The first-order valence-electron chi connectivity index (χ1n) is 4.14. The SMILES string of the molecule is C#CCC1CCCCC1N=O. The van der Waals surface area contributed by atoms with Crippen LogP contribution in [-0.4, -0.2) is 6.04 Å². The first kappa shape index (κ1) is 8.26. The smallest absolute Gasteiger partial charge is 0.0956 e. The van der Waals surface area contributed by atoms with E-state index in [9.17, 15) is 4.91 Å². The fraction of sp³-hybridized carbons (Fsp3) is 0.778. The molecule has 0 aromatic rings. The van der Waals surface area contributed by atoms with Crippen LogP contribution in [0, 0.1) is 23.2 Å². The molecule has 0 bridgehead atoms. The van der Waals surface area contributed by atoms with E-state index < -0.39 is 0 Å². The van der Waals surface area contributed by atoms with E-state index in [1.165, 1.54) is 6.42 Å². The van der Waals surface area contributed by atoms with Crippen LogP contribution in [0.3, 0.4) is 0 Å². The van der Waals surface area contributed by atoms with Gasteiger partial charge in [-0.25, -0.2) is 0 Å². The maximum absolute atomic E-state index is 10.3. The minimum atomic E-state index is -0.000185. The van der Waals surface area contributed by atoms with Gasteiger partial charge in [-0.2, -0.15) is 4.91 Å². The van der Waals surface area contributed by atoms with E-state index in [0.717, 1.165) is 25.7 Å². The maximum atomic E-state index is 10.3. The lowest BCUT2D eigenvalue weighted by Gasteiger charge is -2.24. The van der Waals surface area contributed by atoms with E-state index in [-0.39, 0.29) is 6.04 Å². The molecule has 0 spiro atoms. The van der Waals surface area contributed by atoms with E-state index in [1.807, 2.05) is 0 Å². The lowest BCUT2D eigenvalue weighted by Crippen LogP contribution is -2.21. The summed E-state index contributed by atoms with van der Waals surface area (Å²) in [5.74, 6) is 2.97. The second-order valence-electron chi connectivity index (χ2n) is 3.13. The Hall–Kier alpha value is -0.840. The molecule has 0 radical (unpaired) electrons. The summed E-state index contributed by atoms with van der Waals surface area (Å²) in [6.07, 6.45) is 10.3. The summed E-state index contributed by atoms with van der Waals surface area (Å²) in [6, 6.07) is -0.000185. The number of nitrogens with zero attached hydrogens (tertiary/aromatic N) is 1. The molecule has 2 atom stereocenters. The zero-order chi connectivity index (χ0) is 8.10. The van der Waals surface area contributed by atoms with Crippen LogP contribution in [0.2, 0.25) is 0 Å². The zero-order valence-corrected chi connectivity index (χ0v) is 6.62. The van der Waals surface area contributed by atoms with Crippen molar-refractivity contribution in [1.82, 2.24) is 0 Å². The van der Waals surface area contributed by atoms with Gasteiger partial charge in [-0.1, -0.05) is 18.0 Å². The molecule has 0 heterocycles. The highest BCUT2D eigenvalue weighted by Gasteiger charge is 2.24. The molecule has 1 saturated carbocycles. The largest absolute Gasteiger partial charge is 0.151 e. The number of rotatable bonds is 2. The van der Waals surface area contributed by atoms with E-state index in [0.29, 0.717) is 5.92 Å². The third-order valence-corrected chi connectivity index (χ3v) is 2.38. The van der Waals surface area contributed by atoms with Gasteiger partial charge in [-0.15, -0.1) is 12.3 Å². The third-order valence-electron chi connectivity index (χ3n) is 2.38. The maximum Gasteiger partial charge on any atom is 0.0956 e. The molecule has 0 N–H and O–H groups in total. The monoisotopic (exact) mass is 151 g/mol. The van der Waals surface area contributed by atoms with Crippen molar-refractivity contribution in [3.05, 3.63) is 4.91 Å². The van der Waals surface area contributed by atoms with Crippen molar-refractivity contribution >= 4 is 0 Å². The summed E-state index contributed by atoms with van der Waals surface area (Å²) in [6.45, 7) is 0. The van der Waals surface area contributed by atoms with Gasteiger partial charge in [0.2, 0.25) is 0 Å². The van der Waals surface area contributed by atoms with Gasteiger partial charge in [-0.3, -0.25) is 0 Å². The Morgan fingerprint density at radius 1 is 1.45 bits per heavy atom. The van der Waals surface area contributed by atoms with Crippen molar-refractivity contribution in [2.24, 2.45) is 11.1 Å². The van der Waals surface area contributed by atoms with Gasteiger partial charge < -0.3 is 0 Å². The van der Waals surface area contributed by atoms with E-state index >= 15 is 0 Å². The molecule has 0 aromatic carbocycles. The Bertz CT molecular complexity index is 171. The number of nitroso groups, excluding NO2 is 1. The number of hydrogen-bond acceptors (Lipinski definition) is 2. The number of hydrogen-bond donors (Lipinski definition) is 0. The van der Waals surface area contributed by atoms with E-state index in [2.05, 4.69) is 11.1 Å². The topological polar surface area (TPSA) is 29.4 Å². The van der Waals surface area contributed by atoms with Gasteiger partial charge in [0.25, 0.3) is 0 Å². The Morgan fingerprint density at radius 3 is 2.82 bits per heavy atom. The minimum absolute atomic E-state index is 0.000185. The Kier molecular flexibility index (Phi) is 3.10. The predicted octanol–water partition coefficient (Wildman–Crippen LogP) is 2.33. The van der Waals surface area contributed by atoms with Gasteiger partial charge in [-0.05, 0) is 18.8 Å². The molecule has 11 heavy (non-hydrogen) atoms. The van der Waals surface area contributed by atoms with Crippen LogP contribution in [-0.2, 0) is 0 Å². The quantitative estimate of drug-likeness (QED) is 0.440. The molecule has 0 aromatic heterocycles. The van der Waals surface area contributed by atoms with Crippen LogP contribution in [0.4, 0.5) is 0 Å².